The molecule has 0 atom stereocenters. The van der Waals surface area contributed by atoms with Crippen molar-refractivity contribution in [2.75, 3.05) is 17.5 Å². The van der Waals surface area contributed by atoms with E-state index in [2.05, 4.69) is 10.0 Å². The molecule has 0 spiro atoms. The van der Waals surface area contributed by atoms with Crippen LogP contribution in [-0.4, -0.2) is 32.9 Å². The SMILES string of the molecule is CC.CNC(=O)c1ccc(NS(=O)(=O)CC(C)=O)cc1. The second kappa shape index (κ2) is 8.31. The van der Waals surface area contributed by atoms with Crippen LogP contribution in [-0.2, 0) is 14.8 Å². The van der Waals surface area contributed by atoms with Gasteiger partial charge in [0.15, 0.2) is 0 Å². The van der Waals surface area contributed by atoms with Crippen molar-refractivity contribution in [2.24, 2.45) is 0 Å². The summed E-state index contributed by atoms with van der Waals surface area (Å²) in [5, 5.41) is 2.45. The van der Waals surface area contributed by atoms with Crippen LogP contribution in [0.2, 0.25) is 0 Å². The molecule has 6 nitrogen and oxygen atoms in total. The lowest BCUT2D eigenvalue weighted by molar-refractivity contribution is -0.114. The number of rotatable bonds is 5. The highest BCUT2D eigenvalue weighted by molar-refractivity contribution is 7.93. The van der Waals surface area contributed by atoms with E-state index in [0.717, 1.165) is 0 Å². The van der Waals surface area contributed by atoms with Crippen LogP contribution in [0.25, 0.3) is 0 Å². The summed E-state index contributed by atoms with van der Waals surface area (Å²) in [4.78, 5) is 22.0. The number of benzene rings is 1. The second-order valence-corrected chi connectivity index (χ2v) is 5.44. The van der Waals surface area contributed by atoms with E-state index in [0.29, 0.717) is 11.3 Å². The van der Waals surface area contributed by atoms with Gasteiger partial charge in [0, 0.05) is 18.3 Å². The predicted molar refractivity (Wildman–Crippen MR) is 79.3 cm³/mol. The van der Waals surface area contributed by atoms with Gasteiger partial charge in [0.2, 0.25) is 10.0 Å². The zero-order chi connectivity index (χ0) is 15.8. The first-order valence-corrected chi connectivity index (χ1v) is 7.81. The molecular weight excluding hydrogens is 280 g/mol. The number of carbonyl (C=O) groups excluding carboxylic acids is 2. The summed E-state index contributed by atoms with van der Waals surface area (Å²) in [5.74, 6) is -1.26. The molecule has 0 aromatic heterocycles. The van der Waals surface area contributed by atoms with Gasteiger partial charge in [0.25, 0.3) is 5.91 Å². The van der Waals surface area contributed by atoms with Crippen LogP contribution in [0.1, 0.15) is 31.1 Å². The zero-order valence-electron chi connectivity index (χ0n) is 12.1. The highest BCUT2D eigenvalue weighted by atomic mass is 32.2. The summed E-state index contributed by atoms with van der Waals surface area (Å²) < 4.78 is 25.2. The van der Waals surface area contributed by atoms with Crippen molar-refractivity contribution in [3.05, 3.63) is 29.8 Å². The van der Waals surface area contributed by atoms with Crippen LogP contribution >= 0.6 is 0 Å². The number of hydrogen-bond acceptors (Lipinski definition) is 4. The third-order valence-electron chi connectivity index (χ3n) is 2.04. The lowest BCUT2D eigenvalue weighted by atomic mass is 10.2. The maximum absolute atomic E-state index is 11.5. The average molecular weight is 300 g/mol. The largest absolute Gasteiger partial charge is 0.355 e. The van der Waals surface area contributed by atoms with Gasteiger partial charge >= 0.3 is 0 Å². The number of nitrogens with one attached hydrogen (secondary N) is 2. The van der Waals surface area contributed by atoms with E-state index in [-0.39, 0.29) is 5.91 Å². The molecule has 0 saturated carbocycles. The van der Waals surface area contributed by atoms with Gasteiger partial charge in [-0.15, -0.1) is 0 Å². The smallest absolute Gasteiger partial charge is 0.251 e. The van der Waals surface area contributed by atoms with Crippen LogP contribution in [0.5, 0.6) is 0 Å². The topological polar surface area (TPSA) is 92.3 Å². The fourth-order valence-corrected chi connectivity index (χ4v) is 2.42. The molecule has 0 radical (unpaired) electrons. The molecule has 1 amide bonds. The molecule has 7 heteroatoms. The van der Waals surface area contributed by atoms with E-state index in [1.165, 1.54) is 38.2 Å². The first-order valence-electron chi connectivity index (χ1n) is 6.16. The number of Topliss-reactive ketones (excluding diaryl/α,β-unsaturated/α-hetero) is 1. The van der Waals surface area contributed by atoms with Crippen molar-refractivity contribution in [2.45, 2.75) is 20.8 Å². The quantitative estimate of drug-likeness (QED) is 0.859. The molecule has 0 saturated heterocycles. The van der Waals surface area contributed by atoms with Crippen LogP contribution in [0.15, 0.2) is 24.3 Å². The molecule has 0 aliphatic carbocycles. The van der Waals surface area contributed by atoms with Gasteiger partial charge in [-0.25, -0.2) is 8.42 Å². The Kier molecular flexibility index (Phi) is 7.53. The van der Waals surface area contributed by atoms with Crippen LogP contribution in [0.4, 0.5) is 5.69 Å². The molecule has 0 unspecified atom stereocenters. The van der Waals surface area contributed by atoms with Crippen molar-refractivity contribution < 1.29 is 18.0 Å². The normalized spacial score (nSPS) is 10.0. The highest BCUT2D eigenvalue weighted by Crippen LogP contribution is 2.11. The Hall–Kier alpha value is -1.89. The number of hydrogen-bond donors (Lipinski definition) is 2. The van der Waals surface area contributed by atoms with Crippen molar-refractivity contribution >= 4 is 27.4 Å². The number of ketones is 1. The minimum Gasteiger partial charge on any atom is -0.355 e. The first kappa shape index (κ1) is 18.1. The second-order valence-electron chi connectivity index (χ2n) is 3.72. The van der Waals surface area contributed by atoms with Gasteiger partial charge in [-0.2, -0.15) is 0 Å². The van der Waals surface area contributed by atoms with E-state index < -0.39 is 21.6 Å². The van der Waals surface area contributed by atoms with Gasteiger partial charge in [0.05, 0.1) is 0 Å². The van der Waals surface area contributed by atoms with Gasteiger partial charge in [-0.05, 0) is 31.2 Å². The van der Waals surface area contributed by atoms with E-state index in [9.17, 15) is 18.0 Å². The molecule has 1 rings (SSSR count). The minimum absolute atomic E-state index is 0.256. The van der Waals surface area contributed by atoms with Crippen molar-refractivity contribution in [3.8, 4) is 0 Å². The molecule has 2 N–H and O–H groups in total. The Morgan fingerprint density at radius 3 is 2.00 bits per heavy atom. The molecule has 112 valence electrons. The number of sulfonamides is 1. The maximum atomic E-state index is 11.5. The summed E-state index contributed by atoms with van der Waals surface area (Å²) >= 11 is 0. The van der Waals surface area contributed by atoms with Crippen LogP contribution in [0, 0.1) is 0 Å². The maximum Gasteiger partial charge on any atom is 0.251 e. The Morgan fingerprint density at radius 1 is 1.10 bits per heavy atom. The number of carbonyl (C=O) groups is 2. The van der Waals surface area contributed by atoms with E-state index in [4.69, 9.17) is 0 Å². The Morgan fingerprint density at radius 2 is 1.60 bits per heavy atom. The van der Waals surface area contributed by atoms with Gasteiger partial charge in [-0.1, -0.05) is 13.8 Å². The van der Waals surface area contributed by atoms with Crippen LogP contribution in [0.3, 0.4) is 0 Å². The average Bonchev–Trinajstić information content (AvgIpc) is 2.39. The molecule has 0 aliphatic heterocycles. The summed E-state index contributed by atoms with van der Waals surface area (Å²) in [6, 6.07) is 5.90. The first-order chi connectivity index (χ1) is 9.34. The summed E-state index contributed by atoms with van der Waals surface area (Å²) in [7, 11) is -2.17. The highest BCUT2D eigenvalue weighted by Gasteiger charge is 2.13. The third kappa shape index (κ3) is 6.33. The zero-order valence-corrected chi connectivity index (χ0v) is 12.9. The molecular formula is C13H20N2O4S. The lowest BCUT2D eigenvalue weighted by Gasteiger charge is -2.07. The molecule has 0 heterocycles. The van der Waals surface area contributed by atoms with E-state index in [1.54, 1.807) is 0 Å². The number of anilines is 1. The lowest BCUT2D eigenvalue weighted by Crippen LogP contribution is -2.21. The summed E-state index contributed by atoms with van der Waals surface area (Å²) in [6.45, 7) is 5.20. The molecule has 0 fully saturated rings. The fraction of sp³-hybridized carbons (Fsp3) is 0.385. The summed E-state index contributed by atoms with van der Waals surface area (Å²) in [6.07, 6.45) is 0. The Bertz CT molecular complexity index is 550. The van der Waals surface area contributed by atoms with Gasteiger partial charge in [0.1, 0.15) is 11.5 Å². The fourth-order valence-electron chi connectivity index (χ4n) is 1.32. The van der Waals surface area contributed by atoms with E-state index >= 15 is 0 Å². The van der Waals surface area contributed by atoms with Crippen molar-refractivity contribution in [1.82, 2.24) is 5.32 Å². The molecule has 1 aromatic carbocycles. The van der Waals surface area contributed by atoms with Crippen molar-refractivity contribution in [1.29, 1.82) is 0 Å². The van der Waals surface area contributed by atoms with E-state index in [1.807, 2.05) is 13.8 Å². The van der Waals surface area contributed by atoms with Crippen molar-refractivity contribution in [3.63, 3.8) is 0 Å². The molecule has 0 bridgehead atoms. The molecule has 20 heavy (non-hydrogen) atoms. The monoisotopic (exact) mass is 300 g/mol. The minimum atomic E-state index is -3.67. The third-order valence-corrected chi connectivity index (χ3v) is 3.37. The standard InChI is InChI=1S/C11H14N2O4S.C2H6/c1-8(14)7-18(16,17)13-10-5-3-9(4-6-10)11(15)12-2;1-2/h3-6,13H,7H2,1-2H3,(H,12,15);1-2H3. The Balaban J connectivity index is 0.00000172. The summed E-state index contributed by atoms with van der Waals surface area (Å²) in [5.41, 5.74) is 0.732. The van der Waals surface area contributed by atoms with Gasteiger partial charge in [-0.3, -0.25) is 14.3 Å². The Labute approximate surface area is 119 Å². The number of amides is 1. The molecule has 1 aromatic rings. The van der Waals surface area contributed by atoms with Gasteiger partial charge < -0.3 is 5.32 Å². The molecule has 0 aliphatic rings. The van der Waals surface area contributed by atoms with Crippen LogP contribution < -0.4 is 10.0 Å². The predicted octanol–water partition coefficient (Wildman–Crippen LogP) is 1.40.